The third-order valence-corrected chi connectivity index (χ3v) is 4.15. The minimum atomic E-state index is -0.0372. The maximum absolute atomic E-state index is 12.5. The minimum absolute atomic E-state index is 0.0372. The van der Waals surface area contributed by atoms with E-state index < -0.39 is 0 Å². The average molecular weight is 297 g/mol. The van der Waals surface area contributed by atoms with Crippen LogP contribution in [0.15, 0.2) is 18.2 Å². The molecule has 0 aromatic heterocycles. The number of halogens is 1. The molecule has 1 amide bonds. The van der Waals surface area contributed by atoms with Gasteiger partial charge in [0.25, 0.3) is 0 Å². The fraction of sp³-hybridized carbons (Fsp3) is 0.533. The van der Waals surface area contributed by atoms with Crippen molar-refractivity contribution < 1.29 is 9.53 Å². The van der Waals surface area contributed by atoms with Gasteiger partial charge in [-0.15, -0.1) is 0 Å². The Kier molecular flexibility index (Phi) is 4.89. The van der Waals surface area contributed by atoms with Crippen LogP contribution >= 0.6 is 11.6 Å². The third kappa shape index (κ3) is 3.25. The number of nitrogen functional groups attached to an aromatic ring is 1. The first-order valence-electron chi connectivity index (χ1n) is 6.93. The summed E-state index contributed by atoms with van der Waals surface area (Å²) in [7, 11) is 1.80. The highest BCUT2D eigenvalue weighted by Gasteiger charge is 2.34. The van der Waals surface area contributed by atoms with Gasteiger partial charge in [-0.3, -0.25) is 4.79 Å². The number of hydrogen-bond donors (Lipinski definition) is 1. The average Bonchev–Trinajstić information content (AvgIpc) is 2.90. The second-order valence-corrected chi connectivity index (χ2v) is 5.67. The van der Waals surface area contributed by atoms with Gasteiger partial charge in [-0.25, -0.2) is 0 Å². The zero-order valence-corrected chi connectivity index (χ0v) is 12.7. The first kappa shape index (κ1) is 15.1. The second kappa shape index (κ2) is 6.46. The first-order chi connectivity index (χ1) is 9.52. The van der Waals surface area contributed by atoms with E-state index in [1.54, 1.807) is 24.1 Å². The maximum atomic E-state index is 12.5. The summed E-state index contributed by atoms with van der Waals surface area (Å²) in [5.74, 6) is 0.0812. The van der Waals surface area contributed by atoms with Crippen LogP contribution in [0.2, 0.25) is 5.02 Å². The summed E-state index contributed by atoms with van der Waals surface area (Å²) in [4.78, 5) is 14.2. The highest BCUT2D eigenvalue weighted by Crippen LogP contribution is 2.26. The van der Waals surface area contributed by atoms with Crippen molar-refractivity contribution in [2.75, 3.05) is 19.4 Å². The van der Waals surface area contributed by atoms with Crippen molar-refractivity contribution in [3.63, 3.8) is 0 Å². The van der Waals surface area contributed by atoms with Gasteiger partial charge >= 0.3 is 0 Å². The Balaban J connectivity index is 2.05. The van der Waals surface area contributed by atoms with Crippen molar-refractivity contribution in [2.45, 2.75) is 32.4 Å². The Bertz CT molecular complexity index is 493. The van der Waals surface area contributed by atoms with Crippen LogP contribution in [0.1, 0.15) is 25.3 Å². The summed E-state index contributed by atoms with van der Waals surface area (Å²) in [6.07, 6.45) is 1.71. The summed E-state index contributed by atoms with van der Waals surface area (Å²) in [5.41, 5.74) is 7.29. The van der Waals surface area contributed by atoms with Gasteiger partial charge in [0.05, 0.1) is 12.0 Å². The zero-order valence-electron chi connectivity index (χ0n) is 11.9. The first-order valence-corrected chi connectivity index (χ1v) is 7.31. The quantitative estimate of drug-likeness (QED) is 0.869. The van der Waals surface area contributed by atoms with Crippen LogP contribution in [-0.4, -0.2) is 30.6 Å². The van der Waals surface area contributed by atoms with Gasteiger partial charge in [0, 0.05) is 30.9 Å². The van der Waals surface area contributed by atoms with Crippen molar-refractivity contribution in [1.29, 1.82) is 0 Å². The number of amides is 1. The van der Waals surface area contributed by atoms with Crippen LogP contribution in [0.5, 0.6) is 0 Å². The van der Waals surface area contributed by atoms with E-state index >= 15 is 0 Å². The Labute approximate surface area is 124 Å². The monoisotopic (exact) mass is 296 g/mol. The summed E-state index contributed by atoms with van der Waals surface area (Å²) < 4.78 is 5.59. The van der Waals surface area contributed by atoms with Gasteiger partial charge in [0.1, 0.15) is 0 Å². The molecule has 1 aliphatic heterocycles. The highest BCUT2D eigenvalue weighted by atomic mass is 35.5. The van der Waals surface area contributed by atoms with E-state index in [9.17, 15) is 4.79 Å². The molecule has 110 valence electrons. The molecular formula is C15H21ClN2O2. The molecule has 0 aliphatic carbocycles. The van der Waals surface area contributed by atoms with Crippen LogP contribution in [0, 0.1) is 5.92 Å². The molecule has 4 nitrogen and oxygen atoms in total. The molecule has 1 aromatic carbocycles. The number of carbonyl (C=O) groups is 1. The van der Waals surface area contributed by atoms with E-state index in [-0.39, 0.29) is 17.9 Å². The number of anilines is 1. The Hall–Kier alpha value is -1.26. The van der Waals surface area contributed by atoms with Crippen molar-refractivity contribution in [1.82, 2.24) is 4.90 Å². The van der Waals surface area contributed by atoms with Crippen LogP contribution in [-0.2, 0) is 16.1 Å². The van der Waals surface area contributed by atoms with Gasteiger partial charge in [-0.05, 0) is 36.6 Å². The predicted octanol–water partition coefficient (Wildman–Crippen LogP) is 2.70. The summed E-state index contributed by atoms with van der Waals surface area (Å²) in [6, 6.07) is 5.33. The summed E-state index contributed by atoms with van der Waals surface area (Å²) in [5, 5.41) is 0.633. The molecule has 1 saturated heterocycles. The number of ether oxygens (including phenoxy) is 1. The van der Waals surface area contributed by atoms with E-state index in [1.807, 2.05) is 13.0 Å². The van der Waals surface area contributed by atoms with Crippen molar-refractivity contribution >= 4 is 23.2 Å². The number of hydrogen-bond acceptors (Lipinski definition) is 3. The molecule has 0 radical (unpaired) electrons. The lowest BCUT2D eigenvalue weighted by atomic mass is 9.98. The number of carbonyl (C=O) groups excluding carboxylic acids is 1. The molecule has 0 spiro atoms. The van der Waals surface area contributed by atoms with Crippen LogP contribution in [0.25, 0.3) is 0 Å². The van der Waals surface area contributed by atoms with E-state index in [4.69, 9.17) is 22.1 Å². The normalized spacial score (nSPS) is 21.9. The standard InChI is InChI=1S/C15H21ClN2O2/c1-3-14-12(6-7-20-14)15(19)18(2)9-10-8-11(17)4-5-13(10)16/h4-5,8,12,14H,3,6-7,9,17H2,1-2H3. The SMILES string of the molecule is CCC1OCCC1C(=O)N(C)Cc1cc(N)ccc1Cl. The van der Waals surface area contributed by atoms with Gasteiger partial charge < -0.3 is 15.4 Å². The Morgan fingerprint density at radius 1 is 1.55 bits per heavy atom. The van der Waals surface area contributed by atoms with Gasteiger partial charge in [0.15, 0.2) is 0 Å². The molecule has 1 fully saturated rings. The topological polar surface area (TPSA) is 55.6 Å². The number of rotatable bonds is 4. The lowest BCUT2D eigenvalue weighted by Crippen LogP contribution is -2.36. The summed E-state index contributed by atoms with van der Waals surface area (Å²) >= 11 is 6.14. The minimum Gasteiger partial charge on any atom is -0.399 e. The third-order valence-electron chi connectivity index (χ3n) is 3.78. The fourth-order valence-electron chi connectivity index (χ4n) is 2.67. The lowest BCUT2D eigenvalue weighted by Gasteiger charge is -2.24. The van der Waals surface area contributed by atoms with Gasteiger partial charge in [-0.2, -0.15) is 0 Å². The Morgan fingerprint density at radius 2 is 2.30 bits per heavy atom. The number of nitrogens with two attached hydrogens (primary N) is 1. The smallest absolute Gasteiger partial charge is 0.228 e. The van der Waals surface area contributed by atoms with Crippen molar-refractivity contribution in [3.8, 4) is 0 Å². The van der Waals surface area contributed by atoms with Gasteiger partial charge in [-0.1, -0.05) is 18.5 Å². The van der Waals surface area contributed by atoms with E-state index in [1.165, 1.54) is 0 Å². The largest absolute Gasteiger partial charge is 0.399 e. The van der Waals surface area contributed by atoms with E-state index in [0.29, 0.717) is 23.9 Å². The molecule has 20 heavy (non-hydrogen) atoms. The molecule has 0 saturated carbocycles. The summed E-state index contributed by atoms with van der Waals surface area (Å²) in [6.45, 7) is 3.18. The number of nitrogens with zero attached hydrogens (tertiary/aromatic N) is 1. The highest BCUT2D eigenvalue weighted by molar-refractivity contribution is 6.31. The predicted molar refractivity (Wildman–Crippen MR) is 80.5 cm³/mol. The van der Waals surface area contributed by atoms with E-state index in [2.05, 4.69) is 0 Å². The van der Waals surface area contributed by atoms with E-state index in [0.717, 1.165) is 18.4 Å². The molecule has 5 heteroatoms. The molecule has 1 heterocycles. The molecular weight excluding hydrogens is 276 g/mol. The Morgan fingerprint density at radius 3 is 3.00 bits per heavy atom. The van der Waals surface area contributed by atoms with Crippen LogP contribution in [0.4, 0.5) is 5.69 Å². The fourth-order valence-corrected chi connectivity index (χ4v) is 2.84. The lowest BCUT2D eigenvalue weighted by molar-refractivity contribution is -0.136. The second-order valence-electron chi connectivity index (χ2n) is 5.26. The number of benzene rings is 1. The molecule has 2 N–H and O–H groups in total. The molecule has 1 aliphatic rings. The molecule has 2 rings (SSSR count). The molecule has 0 bridgehead atoms. The molecule has 1 aromatic rings. The van der Waals surface area contributed by atoms with Crippen LogP contribution < -0.4 is 5.73 Å². The van der Waals surface area contributed by atoms with Crippen molar-refractivity contribution in [3.05, 3.63) is 28.8 Å². The van der Waals surface area contributed by atoms with Gasteiger partial charge in [0.2, 0.25) is 5.91 Å². The molecule has 2 atom stereocenters. The molecule has 2 unspecified atom stereocenters. The van der Waals surface area contributed by atoms with Crippen LogP contribution in [0.3, 0.4) is 0 Å². The zero-order chi connectivity index (χ0) is 14.7. The maximum Gasteiger partial charge on any atom is 0.228 e. The van der Waals surface area contributed by atoms with Crippen molar-refractivity contribution in [2.24, 2.45) is 5.92 Å².